The number of fused-ring (bicyclic) bond motifs is 1. The van der Waals surface area contributed by atoms with Crippen molar-refractivity contribution >= 4 is 28.5 Å². The lowest BCUT2D eigenvalue weighted by Gasteiger charge is -2.11. The van der Waals surface area contributed by atoms with E-state index in [1.54, 1.807) is 7.11 Å². The zero-order valence-electron chi connectivity index (χ0n) is 11.6. The standard InChI is InChI=1S/C15H20N2OS/c1-4-10(2)19-9-12-7-11-5-6-13(18-3)8-14(11)17-15(12)16/h5-8,10H,4,9H2,1-3H3,(H2,16,17). The first kappa shape index (κ1) is 14.0. The lowest BCUT2D eigenvalue weighted by atomic mass is 10.1. The molecule has 1 unspecified atom stereocenters. The van der Waals surface area contributed by atoms with Gasteiger partial charge in [0.05, 0.1) is 12.6 Å². The lowest BCUT2D eigenvalue weighted by Crippen LogP contribution is -2.00. The molecule has 2 rings (SSSR count). The largest absolute Gasteiger partial charge is 0.497 e. The van der Waals surface area contributed by atoms with Crippen molar-refractivity contribution in [3.05, 3.63) is 29.8 Å². The number of nitrogen functional groups attached to an aromatic ring is 1. The summed E-state index contributed by atoms with van der Waals surface area (Å²) in [6.45, 7) is 4.44. The number of thioether (sulfide) groups is 1. The fourth-order valence-corrected chi connectivity index (χ4v) is 2.73. The lowest BCUT2D eigenvalue weighted by molar-refractivity contribution is 0.415. The van der Waals surface area contributed by atoms with Gasteiger partial charge in [-0.25, -0.2) is 4.98 Å². The van der Waals surface area contributed by atoms with E-state index in [9.17, 15) is 0 Å². The molecule has 0 aliphatic rings. The van der Waals surface area contributed by atoms with E-state index in [0.29, 0.717) is 11.1 Å². The Labute approximate surface area is 118 Å². The molecule has 102 valence electrons. The molecule has 2 aromatic rings. The maximum Gasteiger partial charge on any atom is 0.128 e. The molecule has 0 bridgehead atoms. The molecular weight excluding hydrogens is 256 g/mol. The van der Waals surface area contributed by atoms with Crippen LogP contribution in [0.25, 0.3) is 10.9 Å². The van der Waals surface area contributed by atoms with Crippen LogP contribution in [0.3, 0.4) is 0 Å². The highest BCUT2D eigenvalue weighted by atomic mass is 32.2. The zero-order chi connectivity index (χ0) is 13.8. The Bertz CT molecular complexity index is 571. The minimum absolute atomic E-state index is 0.622. The number of anilines is 1. The van der Waals surface area contributed by atoms with E-state index in [1.165, 1.54) is 6.42 Å². The minimum atomic E-state index is 0.622. The Kier molecular flexibility index (Phi) is 4.53. The molecule has 1 atom stereocenters. The van der Waals surface area contributed by atoms with Crippen molar-refractivity contribution < 1.29 is 4.74 Å². The number of pyridine rings is 1. The second-order valence-corrected chi connectivity index (χ2v) is 6.05. The van der Waals surface area contributed by atoms with Crippen LogP contribution in [-0.4, -0.2) is 17.3 Å². The van der Waals surface area contributed by atoms with E-state index in [2.05, 4.69) is 24.9 Å². The van der Waals surface area contributed by atoms with Gasteiger partial charge in [-0.1, -0.05) is 13.8 Å². The van der Waals surface area contributed by atoms with Crippen molar-refractivity contribution in [3.63, 3.8) is 0 Å². The fraction of sp³-hybridized carbons (Fsp3) is 0.400. The fourth-order valence-electron chi connectivity index (χ4n) is 1.80. The molecule has 0 fully saturated rings. The SMILES string of the molecule is CCC(C)SCc1cc2ccc(OC)cc2nc1N. The van der Waals surface area contributed by atoms with Crippen LogP contribution >= 0.6 is 11.8 Å². The van der Waals surface area contributed by atoms with E-state index in [-0.39, 0.29) is 0 Å². The number of ether oxygens (including phenoxy) is 1. The predicted octanol–water partition coefficient (Wildman–Crippen LogP) is 3.86. The van der Waals surface area contributed by atoms with Crippen molar-refractivity contribution in [1.29, 1.82) is 0 Å². The van der Waals surface area contributed by atoms with Crippen LogP contribution in [0.1, 0.15) is 25.8 Å². The molecule has 0 radical (unpaired) electrons. The van der Waals surface area contributed by atoms with E-state index in [0.717, 1.165) is 28.0 Å². The van der Waals surface area contributed by atoms with Gasteiger partial charge in [0.15, 0.2) is 0 Å². The van der Waals surface area contributed by atoms with Crippen LogP contribution in [0, 0.1) is 0 Å². The van der Waals surface area contributed by atoms with E-state index in [1.807, 2.05) is 30.0 Å². The average Bonchev–Trinajstić information content (AvgIpc) is 2.44. The van der Waals surface area contributed by atoms with Crippen LogP contribution in [-0.2, 0) is 5.75 Å². The van der Waals surface area contributed by atoms with Crippen LogP contribution in [0.15, 0.2) is 24.3 Å². The normalized spacial score (nSPS) is 12.6. The van der Waals surface area contributed by atoms with E-state index >= 15 is 0 Å². The highest BCUT2D eigenvalue weighted by Gasteiger charge is 2.07. The molecule has 1 aromatic carbocycles. The highest BCUT2D eigenvalue weighted by Crippen LogP contribution is 2.27. The summed E-state index contributed by atoms with van der Waals surface area (Å²) in [5.74, 6) is 2.34. The van der Waals surface area contributed by atoms with Gasteiger partial charge >= 0.3 is 0 Å². The summed E-state index contributed by atoms with van der Waals surface area (Å²) in [4.78, 5) is 4.47. The summed E-state index contributed by atoms with van der Waals surface area (Å²) in [5, 5.41) is 1.75. The molecule has 3 nitrogen and oxygen atoms in total. The van der Waals surface area contributed by atoms with Gasteiger partial charge in [0.1, 0.15) is 11.6 Å². The van der Waals surface area contributed by atoms with Crippen molar-refractivity contribution in [3.8, 4) is 5.75 Å². The molecule has 1 aromatic heterocycles. The van der Waals surface area contributed by atoms with Gasteiger partial charge in [0.2, 0.25) is 0 Å². The molecule has 0 saturated carbocycles. The van der Waals surface area contributed by atoms with Crippen LogP contribution < -0.4 is 10.5 Å². The van der Waals surface area contributed by atoms with Crippen LogP contribution in [0.2, 0.25) is 0 Å². The van der Waals surface area contributed by atoms with Gasteiger partial charge in [0, 0.05) is 28.0 Å². The minimum Gasteiger partial charge on any atom is -0.497 e. The summed E-state index contributed by atoms with van der Waals surface area (Å²) in [6.07, 6.45) is 1.17. The first-order valence-electron chi connectivity index (χ1n) is 6.48. The Balaban J connectivity index is 2.28. The maximum atomic E-state index is 6.04. The molecule has 2 N–H and O–H groups in total. The predicted molar refractivity (Wildman–Crippen MR) is 83.8 cm³/mol. The number of nitrogens with two attached hydrogens (primary N) is 1. The third kappa shape index (κ3) is 3.32. The van der Waals surface area contributed by atoms with Crippen molar-refractivity contribution in [2.24, 2.45) is 0 Å². The number of benzene rings is 1. The second-order valence-electron chi connectivity index (χ2n) is 4.62. The second kappa shape index (κ2) is 6.15. The highest BCUT2D eigenvalue weighted by molar-refractivity contribution is 7.99. The Morgan fingerprint density at radius 2 is 2.16 bits per heavy atom. The Morgan fingerprint density at radius 3 is 2.84 bits per heavy atom. The van der Waals surface area contributed by atoms with Crippen molar-refractivity contribution in [2.75, 3.05) is 12.8 Å². The van der Waals surface area contributed by atoms with Crippen molar-refractivity contribution in [1.82, 2.24) is 4.98 Å². The molecule has 19 heavy (non-hydrogen) atoms. The Hall–Kier alpha value is -1.42. The zero-order valence-corrected chi connectivity index (χ0v) is 12.5. The number of nitrogens with zero attached hydrogens (tertiary/aromatic N) is 1. The molecule has 0 spiro atoms. The number of hydrogen-bond acceptors (Lipinski definition) is 4. The molecule has 4 heteroatoms. The number of aromatic nitrogens is 1. The van der Waals surface area contributed by atoms with E-state index < -0.39 is 0 Å². The first-order valence-corrected chi connectivity index (χ1v) is 7.53. The molecule has 0 aliphatic carbocycles. The van der Waals surface area contributed by atoms with Gasteiger partial charge < -0.3 is 10.5 Å². The summed E-state index contributed by atoms with van der Waals surface area (Å²) >= 11 is 1.92. The maximum absolute atomic E-state index is 6.04. The molecule has 0 aliphatic heterocycles. The molecule has 0 amide bonds. The van der Waals surface area contributed by atoms with Gasteiger partial charge in [-0.2, -0.15) is 11.8 Å². The quantitative estimate of drug-likeness (QED) is 0.901. The Morgan fingerprint density at radius 1 is 1.37 bits per heavy atom. The summed E-state index contributed by atoms with van der Waals surface area (Å²) in [5.41, 5.74) is 8.04. The van der Waals surface area contributed by atoms with Gasteiger partial charge in [0.25, 0.3) is 0 Å². The monoisotopic (exact) mass is 276 g/mol. The molecular formula is C15H20N2OS. The summed E-state index contributed by atoms with van der Waals surface area (Å²) in [6, 6.07) is 8.02. The van der Waals surface area contributed by atoms with Gasteiger partial charge in [-0.3, -0.25) is 0 Å². The summed E-state index contributed by atoms with van der Waals surface area (Å²) < 4.78 is 5.20. The summed E-state index contributed by atoms with van der Waals surface area (Å²) in [7, 11) is 1.65. The smallest absolute Gasteiger partial charge is 0.128 e. The number of rotatable bonds is 5. The average molecular weight is 276 g/mol. The topological polar surface area (TPSA) is 48.1 Å². The van der Waals surface area contributed by atoms with Gasteiger partial charge in [-0.15, -0.1) is 0 Å². The first-order chi connectivity index (χ1) is 9.13. The number of hydrogen-bond donors (Lipinski definition) is 1. The van der Waals surface area contributed by atoms with Gasteiger partial charge in [-0.05, 0) is 24.6 Å². The molecule has 1 heterocycles. The molecule has 0 saturated heterocycles. The van der Waals surface area contributed by atoms with Crippen LogP contribution in [0.4, 0.5) is 5.82 Å². The van der Waals surface area contributed by atoms with Crippen molar-refractivity contribution in [2.45, 2.75) is 31.3 Å². The third-order valence-corrected chi connectivity index (χ3v) is 4.62. The number of methoxy groups -OCH3 is 1. The van der Waals surface area contributed by atoms with Crippen LogP contribution in [0.5, 0.6) is 5.75 Å². The van der Waals surface area contributed by atoms with E-state index in [4.69, 9.17) is 10.5 Å². The third-order valence-electron chi connectivity index (χ3n) is 3.24.